The SMILES string of the molecule is COc1cc(OC)c2c(=O)[nH]c(-c3ccc(CC(=O)CO)cc3)nc2c1. The van der Waals surface area contributed by atoms with Crippen LogP contribution < -0.4 is 15.0 Å². The fraction of sp³-hybridized carbons (Fsp3) is 0.211. The molecule has 0 radical (unpaired) electrons. The van der Waals surface area contributed by atoms with E-state index in [1.165, 1.54) is 14.2 Å². The van der Waals surface area contributed by atoms with E-state index in [9.17, 15) is 9.59 Å². The predicted molar refractivity (Wildman–Crippen MR) is 96.7 cm³/mol. The van der Waals surface area contributed by atoms with Gasteiger partial charge in [-0.05, 0) is 5.56 Å². The van der Waals surface area contributed by atoms with Crippen LogP contribution in [0.5, 0.6) is 11.5 Å². The van der Waals surface area contributed by atoms with E-state index in [1.807, 2.05) is 0 Å². The third kappa shape index (κ3) is 3.43. The Hall–Kier alpha value is -3.19. The van der Waals surface area contributed by atoms with Crippen LogP contribution in [0.25, 0.3) is 22.3 Å². The molecule has 0 unspecified atom stereocenters. The summed E-state index contributed by atoms with van der Waals surface area (Å²) in [5.41, 5.74) is 1.62. The van der Waals surface area contributed by atoms with E-state index >= 15 is 0 Å². The molecule has 0 aliphatic heterocycles. The molecule has 0 spiro atoms. The summed E-state index contributed by atoms with van der Waals surface area (Å²) in [4.78, 5) is 31.1. The second-order valence-corrected chi connectivity index (χ2v) is 5.71. The minimum atomic E-state index is -0.481. The van der Waals surface area contributed by atoms with E-state index in [2.05, 4.69) is 9.97 Å². The van der Waals surface area contributed by atoms with Crippen molar-refractivity contribution >= 4 is 16.7 Å². The summed E-state index contributed by atoms with van der Waals surface area (Å²) in [5.74, 6) is 1.07. The highest BCUT2D eigenvalue weighted by Gasteiger charge is 2.13. The average molecular weight is 354 g/mol. The maximum Gasteiger partial charge on any atom is 0.262 e. The molecule has 0 saturated carbocycles. The van der Waals surface area contributed by atoms with Crippen molar-refractivity contribution in [2.24, 2.45) is 0 Å². The maximum atomic E-state index is 12.5. The van der Waals surface area contributed by atoms with Gasteiger partial charge in [-0.3, -0.25) is 9.59 Å². The molecular formula is C19H18N2O5. The molecule has 0 aliphatic carbocycles. The topological polar surface area (TPSA) is 102 Å². The average Bonchev–Trinajstić information content (AvgIpc) is 2.67. The highest BCUT2D eigenvalue weighted by Crippen LogP contribution is 2.28. The van der Waals surface area contributed by atoms with Crippen molar-refractivity contribution in [1.82, 2.24) is 9.97 Å². The lowest BCUT2D eigenvalue weighted by molar-refractivity contribution is -0.121. The van der Waals surface area contributed by atoms with Gasteiger partial charge in [-0.15, -0.1) is 0 Å². The van der Waals surface area contributed by atoms with Crippen LogP contribution in [0.3, 0.4) is 0 Å². The highest BCUT2D eigenvalue weighted by molar-refractivity contribution is 5.87. The summed E-state index contributed by atoms with van der Waals surface area (Å²) < 4.78 is 10.5. The van der Waals surface area contributed by atoms with Gasteiger partial charge in [0.2, 0.25) is 0 Å². The van der Waals surface area contributed by atoms with Crippen molar-refractivity contribution in [2.75, 3.05) is 20.8 Å². The van der Waals surface area contributed by atoms with Gasteiger partial charge in [0.25, 0.3) is 5.56 Å². The van der Waals surface area contributed by atoms with Crippen LogP contribution in [0.2, 0.25) is 0 Å². The summed E-state index contributed by atoms with van der Waals surface area (Å²) in [7, 11) is 3.01. The number of nitrogens with one attached hydrogen (secondary N) is 1. The van der Waals surface area contributed by atoms with Crippen molar-refractivity contribution in [2.45, 2.75) is 6.42 Å². The third-order valence-corrected chi connectivity index (χ3v) is 4.01. The van der Waals surface area contributed by atoms with Crippen LogP contribution >= 0.6 is 0 Å². The number of aromatic nitrogens is 2. The van der Waals surface area contributed by atoms with Crippen molar-refractivity contribution < 1.29 is 19.4 Å². The van der Waals surface area contributed by atoms with E-state index in [0.29, 0.717) is 33.8 Å². The lowest BCUT2D eigenvalue weighted by Gasteiger charge is -2.09. The van der Waals surface area contributed by atoms with E-state index < -0.39 is 6.61 Å². The van der Waals surface area contributed by atoms with Gasteiger partial charge in [-0.1, -0.05) is 24.3 Å². The molecule has 2 aromatic carbocycles. The molecule has 0 fully saturated rings. The smallest absolute Gasteiger partial charge is 0.262 e. The fourth-order valence-electron chi connectivity index (χ4n) is 2.69. The number of aromatic amines is 1. The van der Waals surface area contributed by atoms with Crippen LogP contribution in [-0.4, -0.2) is 41.7 Å². The summed E-state index contributed by atoms with van der Waals surface area (Å²) in [6.45, 7) is -0.481. The van der Waals surface area contributed by atoms with Crippen molar-refractivity contribution in [3.05, 3.63) is 52.3 Å². The Bertz CT molecular complexity index is 1010. The fourth-order valence-corrected chi connectivity index (χ4v) is 2.69. The van der Waals surface area contributed by atoms with Gasteiger partial charge in [-0.2, -0.15) is 0 Å². The number of benzene rings is 2. The van der Waals surface area contributed by atoms with Crippen LogP contribution in [0, 0.1) is 0 Å². The van der Waals surface area contributed by atoms with Crippen LogP contribution in [-0.2, 0) is 11.2 Å². The van der Waals surface area contributed by atoms with Crippen LogP contribution in [0.15, 0.2) is 41.2 Å². The molecule has 1 heterocycles. The molecular weight excluding hydrogens is 336 g/mol. The Balaban J connectivity index is 2.05. The second-order valence-electron chi connectivity index (χ2n) is 5.71. The number of hydrogen-bond donors (Lipinski definition) is 2. The number of hydrogen-bond acceptors (Lipinski definition) is 6. The van der Waals surface area contributed by atoms with Crippen LogP contribution in [0.1, 0.15) is 5.56 Å². The monoisotopic (exact) mass is 354 g/mol. The number of carbonyl (C=O) groups excluding carboxylic acids is 1. The van der Waals surface area contributed by atoms with E-state index in [4.69, 9.17) is 14.6 Å². The van der Waals surface area contributed by atoms with Crippen molar-refractivity contribution in [3.8, 4) is 22.9 Å². The largest absolute Gasteiger partial charge is 0.497 e. The minimum absolute atomic E-state index is 0.160. The van der Waals surface area contributed by atoms with E-state index in [-0.39, 0.29) is 17.8 Å². The molecule has 3 aromatic rings. The molecule has 7 nitrogen and oxygen atoms in total. The van der Waals surface area contributed by atoms with Gasteiger partial charge in [0.05, 0.1) is 19.7 Å². The Labute approximate surface area is 149 Å². The summed E-state index contributed by atoms with van der Waals surface area (Å²) in [6.07, 6.45) is 0.160. The van der Waals surface area contributed by atoms with Gasteiger partial charge < -0.3 is 19.6 Å². The normalized spacial score (nSPS) is 10.7. The molecule has 0 saturated heterocycles. The Morgan fingerprint density at radius 1 is 1.15 bits per heavy atom. The number of aliphatic hydroxyl groups is 1. The molecule has 0 bridgehead atoms. The Kier molecular flexibility index (Phi) is 4.99. The summed E-state index contributed by atoms with van der Waals surface area (Å²) >= 11 is 0. The third-order valence-electron chi connectivity index (χ3n) is 4.01. The summed E-state index contributed by atoms with van der Waals surface area (Å²) in [6, 6.07) is 10.4. The molecule has 3 rings (SSSR count). The van der Waals surface area contributed by atoms with Crippen molar-refractivity contribution in [3.63, 3.8) is 0 Å². The zero-order valence-electron chi connectivity index (χ0n) is 14.4. The first-order chi connectivity index (χ1) is 12.5. The lowest BCUT2D eigenvalue weighted by Crippen LogP contribution is -2.11. The number of carbonyl (C=O) groups is 1. The van der Waals surface area contributed by atoms with Gasteiger partial charge in [-0.25, -0.2) is 4.98 Å². The summed E-state index contributed by atoms with van der Waals surface area (Å²) in [5, 5.41) is 9.17. The number of nitrogens with zero attached hydrogens (tertiary/aromatic N) is 1. The minimum Gasteiger partial charge on any atom is -0.497 e. The van der Waals surface area contributed by atoms with Gasteiger partial charge in [0.15, 0.2) is 5.78 Å². The van der Waals surface area contributed by atoms with Crippen LogP contribution in [0.4, 0.5) is 0 Å². The zero-order valence-corrected chi connectivity index (χ0v) is 14.4. The Morgan fingerprint density at radius 3 is 2.50 bits per heavy atom. The first-order valence-corrected chi connectivity index (χ1v) is 7.93. The number of H-pyrrole nitrogens is 1. The number of fused-ring (bicyclic) bond motifs is 1. The quantitative estimate of drug-likeness (QED) is 0.699. The lowest BCUT2D eigenvalue weighted by atomic mass is 10.1. The predicted octanol–water partition coefficient (Wildman–Crippen LogP) is 1.71. The molecule has 0 amide bonds. The molecule has 0 aliphatic rings. The maximum absolute atomic E-state index is 12.5. The highest BCUT2D eigenvalue weighted by atomic mass is 16.5. The van der Waals surface area contributed by atoms with E-state index in [1.54, 1.807) is 36.4 Å². The van der Waals surface area contributed by atoms with Gasteiger partial charge in [0, 0.05) is 24.1 Å². The standard InChI is InChI=1S/C19H18N2O5/c1-25-14-8-15-17(16(9-14)26-2)19(24)21-18(20-15)12-5-3-11(4-6-12)7-13(23)10-22/h3-6,8-9,22H,7,10H2,1-2H3,(H,20,21,24). The molecule has 7 heteroatoms. The van der Waals surface area contributed by atoms with Crippen molar-refractivity contribution in [1.29, 1.82) is 0 Å². The number of rotatable bonds is 6. The Morgan fingerprint density at radius 2 is 1.88 bits per heavy atom. The number of ether oxygens (including phenoxy) is 2. The van der Waals surface area contributed by atoms with E-state index in [0.717, 1.165) is 5.56 Å². The first-order valence-electron chi connectivity index (χ1n) is 7.93. The molecule has 134 valence electrons. The number of ketones is 1. The second kappa shape index (κ2) is 7.37. The van der Waals surface area contributed by atoms with Gasteiger partial charge >= 0.3 is 0 Å². The number of Topliss-reactive ketones (excluding diaryl/α,β-unsaturated/α-hetero) is 1. The molecule has 0 atom stereocenters. The molecule has 2 N–H and O–H groups in total. The number of methoxy groups -OCH3 is 2. The first kappa shape index (κ1) is 17.6. The zero-order chi connectivity index (χ0) is 18.7. The molecule has 1 aromatic heterocycles. The number of aliphatic hydroxyl groups excluding tert-OH is 1. The van der Waals surface area contributed by atoms with Gasteiger partial charge in [0.1, 0.15) is 29.3 Å². The molecule has 26 heavy (non-hydrogen) atoms.